The average Bonchev–Trinajstić information content (AvgIpc) is 2.52. The summed E-state index contributed by atoms with van der Waals surface area (Å²) in [5.41, 5.74) is -0.822. The van der Waals surface area contributed by atoms with Gasteiger partial charge in [0.05, 0.1) is 7.11 Å². The number of hydrogen-bond acceptors (Lipinski definition) is 5. The van der Waals surface area contributed by atoms with Gasteiger partial charge >= 0.3 is 5.69 Å². The molecule has 0 unspecified atom stereocenters. The molecule has 1 N–H and O–H groups in total. The van der Waals surface area contributed by atoms with Crippen molar-refractivity contribution in [3.05, 3.63) is 49.1 Å². The number of benzene rings is 1. The lowest BCUT2D eigenvalue weighted by molar-refractivity contribution is 0.410. The number of aromatic hydroxyl groups is 1. The SMILES string of the molecule is COc1cc(Br)ccc1N=Cc1c(O)n(C)c(=O)n(C)c1=O. The minimum Gasteiger partial charge on any atom is -0.494 e. The van der Waals surface area contributed by atoms with Crippen molar-refractivity contribution >= 4 is 27.8 Å². The van der Waals surface area contributed by atoms with Crippen LogP contribution in [0.3, 0.4) is 0 Å². The number of methoxy groups -OCH3 is 1. The predicted molar refractivity (Wildman–Crippen MR) is 86.5 cm³/mol. The molecule has 0 saturated heterocycles. The zero-order chi connectivity index (χ0) is 16.4. The van der Waals surface area contributed by atoms with Crippen molar-refractivity contribution in [3.63, 3.8) is 0 Å². The third kappa shape index (κ3) is 2.82. The van der Waals surface area contributed by atoms with E-state index >= 15 is 0 Å². The summed E-state index contributed by atoms with van der Waals surface area (Å²) in [6.45, 7) is 0. The third-order valence-electron chi connectivity index (χ3n) is 3.14. The van der Waals surface area contributed by atoms with Gasteiger partial charge in [-0.15, -0.1) is 0 Å². The molecule has 0 amide bonds. The minimum atomic E-state index is -0.625. The van der Waals surface area contributed by atoms with Crippen LogP contribution in [0.15, 0.2) is 37.3 Å². The second kappa shape index (κ2) is 6.18. The third-order valence-corrected chi connectivity index (χ3v) is 3.64. The van der Waals surface area contributed by atoms with Crippen molar-refractivity contribution in [2.45, 2.75) is 0 Å². The summed E-state index contributed by atoms with van der Waals surface area (Å²) in [6.07, 6.45) is 1.21. The van der Waals surface area contributed by atoms with E-state index in [-0.39, 0.29) is 5.56 Å². The molecule has 0 bridgehead atoms. The topological polar surface area (TPSA) is 85.8 Å². The Bertz CT molecular complexity index is 868. The molecule has 1 heterocycles. The van der Waals surface area contributed by atoms with E-state index in [4.69, 9.17) is 4.74 Å². The Kier molecular flexibility index (Phi) is 4.51. The Labute approximate surface area is 134 Å². The molecule has 1 aromatic heterocycles. The number of nitrogens with zero attached hydrogens (tertiary/aromatic N) is 3. The summed E-state index contributed by atoms with van der Waals surface area (Å²) in [5.74, 6) is 0.0692. The van der Waals surface area contributed by atoms with E-state index in [0.717, 1.165) is 13.6 Å². The van der Waals surface area contributed by atoms with Crippen molar-refractivity contribution in [3.8, 4) is 11.6 Å². The first-order valence-electron chi connectivity index (χ1n) is 6.23. The second-order valence-electron chi connectivity index (χ2n) is 4.52. The van der Waals surface area contributed by atoms with Crippen molar-refractivity contribution in [2.24, 2.45) is 19.1 Å². The van der Waals surface area contributed by atoms with Gasteiger partial charge in [0, 0.05) is 24.8 Å². The van der Waals surface area contributed by atoms with Crippen molar-refractivity contribution in [1.82, 2.24) is 9.13 Å². The molecule has 2 aromatic rings. The largest absolute Gasteiger partial charge is 0.494 e. The van der Waals surface area contributed by atoms with Gasteiger partial charge in [-0.25, -0.2) is 4.79 Å². The maximum absolute atomic E-state index is 12.1. The van der Waals surface area contributed by atoms with E-state index in [2.05, 4.69) is 20.9 Å². The van der Waals surface area contributed by atoms with Crippen LogP contribution in [0.1, 0.15) is 5.56 Å². The lowest BCUT2D eigenvalue weighted by Gasteiger charge is -2.08. The fourth-order valence-corrected chi connectivity index (χ4v) is 2.20. The monoisotopic (exact) mass is 367 g/mol. The van der Waals surface area contributed by atoms with E-state index in [1.54, 1.807) is 18.2 Å². The van der Waals surface area contributed by atoms with Crippen molar-refractivity contribution in [2.75, 3.05) is 7.11 Å². The number of hydrogen-bond donors (Lipinski definition) is 1. The van der Waals surface area contributed by atoms with Gasteiger partial charge < -0.3 is 9.84 Å². The number of aliphatic imine (C=N–C) groups is 1. The van der Waals surface area contributed by atoms with Crippen LogP contribution in [0.2, 0.25) is 0 Å². The first-order chi connectivity index (χ1) is 10.4. The van der Waals surface area contributed by atoms with Gasteiger partial charge in [-0.1, -0.05) is 15.9 Å². The standard InChI is InChI=1S/C14H14BrN3O4/c1-17-12(19)9(13(20)18(2)14(17)21)7-16-10-5-4-8(15)6-11(10)22-3/h4-7,19H,1-3H3. The van der Waals surface area contributed by atoms with Crippen LogP contribution in [-0.4, -0.2) is 27.6 Å². The fourth-order valence-electron chi connectivity index (χ4n) is 1.86. The van der Waals surface area contributed by atoms with E-state index in [1.165, 1.54) is 27.4 Å². The Balaban J connectivity index is 2.57. The fraction of sp³-hybridized carbons (Fsp3) is 0.214. The second-order valence-corrected chi connectivity index (χ2v) is 5.43. The highest BCUT2D eigenvalue weighted by Crippen LogP contribution is 2.30. The van der Waals surface area contributed by atoms with Gasteiger partial charge in [-0.3, -0.25) is 18.9 Å². The van der Waals surface area contributed by atoms with E-state index in [1.807, 2.05) is 0 Å². The molecule has 0 saturated carbocycles. The maximum atomic E-state index is 12.1. The van der Waals surface area contributed by atoms with Crippen LogP contribution >= 0.6 is 15.9 Å². The van der Waals surface area contributed by atoms with Crippen LogP contribution in [0, 0.1) is 0 Å². The molecule has 7 nitrogen and oxygen atoms in total. The lowest BCUT2D eigenvalue weighted by Crippen LogP contribution is -2.38. The molecule has 0 aliphatic carbocycles. The highest BCUT2D eigenvalue weighted by molar-refractivity contribution is 9.10. The lowest BCUT2D eigenvalue weighted by atomic mass is 10.3. The molecule has 22 heavy (non-hydrogen) atoms. The Morgan fingerprint density at radius 3 is 2.59 bits per heavy atom. The van der Waals surface area contributed by atoms with Crippen LogP contribution in [0.5, 0.6) is 11.6 Å². The summed E-state index contributed by atoms with van der Waals surface area (Å²) < 4.78 is 7.90. The van der Waals surface area contributed by atoms with Crippen LogP contribution in [0.25, 0.3) is 0 Å². The van der Waals surface area contributed by atoms with Gasteiger partial charge in [-0.05, 0) is 18.2 Å². The van der Waals surface area contributed by atoms with Crippen LogP contribution < -0.4 is 16.0 Å². The van der Waals surface area contributed by atoms with E-state index < -0.39 is 17.1 Å². The summed E-state index contributed by atoms with van der Waals surface area (Å²) in [6, 6.07) is 5.20. The van der Waals surface area contributed by atoms with Crippen LogP contribution in [-0.2, 0) is 14.1 Å². The first kappa shape index (κ1) is 16.0. The van der Waals surface area contributed by atoms with Gasteiger partial charge in [-0.2, -0.15) is 0 Å². The minimum absolute atomic E-state index is 0.0745. The highest BCUT2D eigenvalue weighted by Gasteiger charge is 2.13. The number of ether oxygens (including phenoxy) is 1. The maximum Gasteiger partial charge on any atom is 0.333 e. The number of rotatable bonds is 3. The molecule has 0 fully saturated rings. The Hall–Kier alpha value is -2.35. The smallest absolute Gasteiger partial charge is 0.333 e. The molecule has 0 radical (unpaired) electrons. The molecule has 8 heteroatoms. The summed E-state index contributed by atoms with van der Waals surface area (Å²) in [7, 11) is 4.21. The Morgan fingerprint density at radius 1 is 1.27 bits per heavy atom. The van der Waals surface area contributed by atoms with Gasteiger partial charge in [0.25, 0.3) is 5.56 Å². The molecular weight excluding hydrogens is 354 g/mol. The van der Waals surface area contributed by atoms with Gasteiger partial charge in [0.2, 0.25) is 5.88 Å². The molecule has 0 atom stereocenters. The summed E-state index contributed by atoms with van der Waals surface area (Å²) >= 11 is 3.32. The molecule has 2 rings (SSSR count). The normalized spacial score (nSPS) is 11.1. The predicted octanol–water partition coefficient (Wildman–Crippen LogP) is 1.31. The molecule has 1 aromatic carbocycles. The molecular formula is C14H14BrN3O4. The molecule has 0 aliphatic rings. The zero-order valence-corrected chi connectivity index (χ0v) is 13.8. The van der Waals surface area contributed by atoms with Gasteiger partial charge in [0.1, 0.15) is 17.0 Å². The van der Waals surface area contributed by atoms with E-state index in [0.29, 0.717) is 11.4 Å². The average molecular weight is 368 g/mol. The van der Waals surface area contributed by atoms with Gasteiger partial charge in [0.15, 0.2) is 0 Å². The summed E-state index contributed by atoms with van der Waals surface area (Å²) in [4.78, 5) is 27.9. The number of aromatic nitrogens is 2. The number of halogens is 1. The Morgan fingerprint density at radius 2 is 1.95 bits per heavy atom. The highest BCUT2D eigenvalue weighted by atomic mass is 79.9. The van der Waals surface area contributed by atoms with E-state index in [9.17, 15) is 14.7 Å². The van der Waals surface area contributed by atoms with Crippen LogP contribution in [0.4, 0.5) is 5.69 Å². The summed E-state index contributed by atoms with van der Waals surface area (Å²) in [5, 5.41) is 9.95. The molecule has 0 spiro atoms. The molecule has 116 valence electrons. The zero-order valence-electron chi connectivity index (χ0n) is 12.2. The quantitative estimate of drug-likeness (QED) is 0.828. The van der Waals surface area contributed by atoms with Crippen molar-refractivity contribution in [1.29, 1.82) is 0 Å². The first-order valence-corrected chi connectivity index (χ1v) is 7.02. The molecule has 0 aliphatic heterocycles. The van der Waals surface area contributed by atoms with Crippen molar-refractivity contribution < 1.29 is 9.84 Å².